The molecule has 0 unspecified atom stereocenters. The van der Waals surface area contributed by atoms with Crippen molar-refractivity contribution in [3.05, 3.63) is 47.9 Å². The lowest BCUT2D eigenvalue weighted by molar-refractivity contribution is 0.280. The number of nitrogens with zero attached hydrogens (tertiary/aromatic N) is 2. The topological polar surface area (TPSA) is 46.0 Å². The standard InChI is InChI=1S/C12H12N2O/c1-9-11(8-15)4-5-12(14-9)10-3-2-6-13-7-10/h2-7,15H,8H2,1H3. The van der Waals surface area contributed by atoms with E-state index < -0.39 is 0 Å². The molecule has 1 N–H and O–H groups in total. The molecule has 3 heteroatoms. The molecule has 2 aromatic rings. The number of hydrogen-bond acceptors (Lipinski definition) is 3. The van der Waals surface area contributed by atoms with Crippen LogP contribution in [0.4, 0.5) is 0 Å². The molecule has 0 aliphatic rings. The van der Waals surface area contributed by atoms with Crippen LogP contribution in [0.25, 0.3) is 11.3 Å². The summed E-state index contributed by atoms with van der Waals surface area (Å²) in [5.41, 5.74) is 3.60. The zero-order valence-corrected chi connectivity index (χ0v) is 8.51. The molecule has 2 heterocycles. The van der Waals surface area contributed by atoms with E-state index in [1.54, 1.807) is 12.4 Å². The van der Waals surface area contributed by atoms with Gasteiger partial charge in [0.15, 0.2) is 0 Å². The van der Waals surface area contributed by atoms with Crippen molar-refractivity contribution in [1.82, 2.24) is 9.97 Å². The fourth-order valence-corrected chi connectivity index (χ4v) is 1.43. The molecule has 0 saturated heterocycles. The molecule has 0 aliphatic heterocycles. The van der Waals surface area contributed by atoms with E-state index in [1.165, 1.54) is 0 Å². The lowest BCUT2D eigenvalue weighted by Gasteiger charge is -2.04. The fourth-order valence-electron chi connectivity index (χ4n) is 1.43. The van der Waals surface area contributed by atoms with Crippen LogP contribution >= 0.6 is 0 Å². The van der Waals surface area contributed by atoms with Crippen LogP contribution in [0.5, 0.6) is 0 Å². The van der Waals surface area contributed by atoms with Crippen LogP contribution in [-0.4, -0.2) is 15.1 Å². The first-order chi connectivity index (χ1) is 7.31. The minimum Gasteiger partial charge on any atom is -0.392 e. The van der Waals surface area contributed by atoms with Gasteiger partial charge in [0, 0.05) is 23.7 Å². The van der Waals surface area contributed by atoms with Crippen LogP contribution in [-0.2, 0) is 6.61 Å². The number of aliphatic hydroxyl groups is 1. The molecule has 0 radical (unpaired) electrons. The molecule has 2 rings (SSSR count). The molecule has 0 atom stereocenters. The molecular weight excluding hydrogens is 188 g/mol. The van der Waals surface area contributed by atoms with Crippen molar-refractivity contribution in [2.75, 3.05) is 0 Å². The molecule has 0 amide bonds. The van der Waals surface area contributed by atoms with E-state index in [1.807, 2.05) is 31.2 Å². The first-order valence-electron chi connectivity index (χ1n) is 4.79. The van der Waals surface area contributed by atoms with Gasteiger partial charge in [0.05, 0.1) is 12.3 Å². The van der Waals surface area contributed by atoms with Crippen LogP contribution < -0.4 is 0 Å². The second-order valence-corrected chi connectivity index (χ2v) is 3.34. The molecule has 3 nitrogen and oxygen atoms in total. The van der Waals surface area contributed by atoms with Gasteiger partial charge in [0.1, 0.15) is 0 Å². The van der Waals surface area contributed by atoms with Gasteiger partial charge in [0.25, 0.3) is 0 Å². The Hall–Kier alpha value is -1.74. The Balaban J connectivity index is 2.43. The number of aryl methyl sites for hydroxylation is 1. The van der Waals surface area contributed by atoms with Crippen LogP contribution in [0.3, 0.4) is 0 Å². The van der Waals surface area contributed by atoms with Gasteiger partial charge in [-0.25, -0.2) is 0 Å². The van der Waals surface area contributed by atoms with Gasteiger partial charge in [0.2, 0.25) is 0 Å². The zero-order chi connectivity index (χ0) is 10.7. The smallest absolute Gasteiger partial charge is 0.0720 e. The minimum absolute atomic E-state index is 0.0339. The van der Waals surface area contributed by atoms with Gasteiger partial charge in [-0.1, -0.05) is 6.07 Å². The van der Waals surface area contributed by atoms with E-state index in [9.17, 15) is 0 Å². The summed E-state index contributed by atoms with van der Waals surface area (Å²) in [6.07, 6.45) is 3.51. The Labute approximate surface area is 88.5 Å². The van der Waals surface area contributed by atoms with Gasteiger partial charge in [-0.15, -0.1) is 0 Å². The normalized spacial score (nSPS) is 10.3. The molecule has 0 bridgehead atoms. The van der Waals surface area contributed by atoms with E-state index >= 15 is 0 Å². The van der Waals surface area contributed by atoms with E-state index in [-0.39, 0.29) is 6.61 Å². The summed E-state index contributed by atoms with van der Waals surface area (Å²) in [4.78, 5) is 8.46. The second-order valence-electron chi connectivity index (χ2n) is 3.34. The van der Waals surface area contributed by atoms with Crippen LogP contribution in [0.15, 0.2) is 36.7 Å². The number of hydrogen-bond donors (Lipinski definition) is 1. The molecule has 0 aliphatic carbocycles. The fraction of sp³-hybridized carbons (Fsp3) is 0.167. The molecule has 2 aromatic heterocycles. The van der Waals surface area contributed by atoms with Crippen molar-refractivity contribution in [2.24, 2.45) is 0 Å². The predicted molar refractivity (Wildman–Crippen MR) is 58.1 cm³/mol. The number of rotatable bonds is 2. The average molecular weight is 200 g/mol. The van der Waals surface area contributed by atoms with Gasteiger partial charge in [-0.3, -0.25) is 9.97 Å². The summed E-state index contributed by atoms with van der Waals surface area (Å²) in [5.74, 6) is 0. The minimum atomic E-state index is 0.0339. The molecular formula is C12H12N2O. The number of aliphatic hydroxyl groups excluding tert-OH is 1. The highest BCUT2D eigenvalue weighted by Gasteiger charge is 2.02. The molecule has 76 valence electrons. The van der Waals surface area contributed by atoms with Gasteiger partial charge >= 0.3 is 0 Å². The third kappa shape index (κ3) is 2.02. The predicted octanol–water partition coefficient (Wildman–Crippen LogP) is 1.94. The van der Waals surface area contributed by atoms with E-state index in [0.717, 1.165) is 22.5 Å². The van der Waals surface area contributed by atoms with E-state index in [0.29, 0.717) is 0 Å². The monoisotopic (exact) mass is 200 g/mol. The lowest BCUT2D eigenvalue weighted by Crippen LogP contribution is -1.94. The Kier molecular flexibility index (Phi) is 2.74. The summed E-state index contributed by atoms with van der Waals surface area (Å²) in [5, 5.41) is 9.03. The van der Waals surface area contributed by atoms with Crippen molar-refractivity contribution in [2.45, 2.75) is 13.5 Å². The lowest BCUT2D eigenvalue weighted by atomic mass is 10.1. The maximum Gasteiger partial charge on any atom is 0.0720 e. The largest absolute Gasteiger partial charge is 0.392 e. The Bertz CT molecular complexity index is 454. The molecule has 0 spiro atoms. The summed E-state index contributed by atoms with van der Waals surface area (Å²) in [6, 6.07) is 7.64. The maximum absolute atomic E-state index is 9.03. The molecule has 0 saturated carbocycles. The molecule has 0 aromatic carbocycles. The maximum atomic E-state index is 9.03. The summed E-state index contributed by atoms with van der Waals surface area (Å²) >= 11 is 0. The highest BCUT2D eigenvalue weighted by Crippen LogP contribution is 2.17. The SMILES string of the molecule is Cc1nc(-c2cccnc2)ccc1CO. The number of pyridine rings is 2. The first kappa shape index (κ1) is 9.80. The first-order valence-corrected chi connectivity index (χ1v) is 4.79. The second kappa shape index (κ2) is 4.19. The van der Waals surface area contributed by atoms with Crippen LogP contribution in [0.2, 0.25) is 0 Å². The highest BCUT2D eigenvalue weighted by atomic mass is 16.3. The summed E-state index contributed by atoms with van der Waals surface area (Å²) in [6.45, 7) is 1.93. The van der Waals surface area contributed by atoms with Gasteiger partial charge in [-0.05, 0) is 30.7 Å². The van der Waals surface area contributed by atoms with E-state index in [2.05, 4.69) is 9.97 Å². The van der Waals surface area contributed by atoms with Crippen molar-refractivity contribution < 1.29 is 5.11 Å². The van der Waals surface area contributed by atoms with Crippen molar-refractivity contribution >= 4 is 0 Å². The van der Waals surface area contributed by atoms with E-state index in [4.69, 9.17) is 5.11 Å². The quantitative estimate of drug-likeness (QED) is 0.805. The van der Waals surface area contributed by atoms with Crippen molar-refractivity contribution in [1.29, 1.82) is 0 Å². The molecule has 15 heavy (non-hydrogen) atoms. The van der Waals surface area contributed by atoms with Crippen molar-refractivity contribution in [3.8, 4) is 11.3 Å². The highest BCUT2D eigenvalue weighted by molar-refractivity contribution is 5.58. The van der Waals surface area contributed by atoms with Gasteiger partial charge in [-0.2, -0.15) is 0 Å². The summed E-state index contributed by atoms with van der Waals surface area (Å²) < 4.78 is 0. The van der Waals surface area contributed by atoms with Crippen molar-refractivity contribution in [3.63, 3.8) is 0 Å². The Morgan fingerprint density at radius 2 is 2.13 bits per heavy atom. The summed E-state index contributed by atoms with van der Waals surface area (Å²) in [7, 11) is 0. The Morgan fingerprint density at radius 3 is 2.73 bits per heavy atom. The van der Waals surface area contributed by atoms with Crippen LogP contribution in [0.1, 0.15) is 11.3 Å². The Morgan fingerprint density at radius 1 is 1.27 bits per heavy atom. The van der Waals surface area contributed by atoms with Gasteiger partial charge < -0.3 is 5.11 Å². The third-order valence-electron chi connectivity index (χ3n) is 2.32. The third-order valence-corrected chi connectivity index (χ3v) is 2.32. The average Bonchev–Trinajstić information content (AvgIpc) is 2.30. The molecule has 0 fully saturated rings. The number of aromatic nitrogens is 2. The van der Waals surface area contributed by atoms with Crippen LogP contribution in [0, 0.1) is 6.92 Å². The zero-order valence-electron chi connectivity index (χ0n) is 8.51.